The number of anilines is 1. The number of ether oxygens (including phenoxy) is 1. The van der Waals surface area contributed by atoms with E-state index in [0.717, 1.165) is 24.5 Å². The fourth-order valence-electron chi connectivity index (χ4n) is 1.61. The standard InChI is InChI=1S/C12H20N2O2/c1-10(2)14(8-5-9-15)12-11(16-3)6-4-7-13-12/h4,6-7,10,15H,5,8-9H2,1-3H3. The maximum atomic E-state index is 8.89. The molecule has 0 spiro atoms. The van der Waals surface area contributed by atoms with Crippen LogP contribution in [-0.4, -0.2) is 36.4 Å². The minimum Gasteiger partial charge on any atom is -0.493 e. The Labute approximate surface area is 96.9 Å². The van der Waals surface area contributed by atoms with E-state index in [2.05, 4.69) is 23.7 Å². The topological polar surface area (TPSA) is 45.6 Å². The molecule has 0 radical (unpaired) electrons. The van der Waals surface area contributed by atoms with Crippen LogP contribution < -0.4 is 9.64 Å². The first-order valence-electron chi connectivity index (χ1n) is 5.57. The summed E-state index contributed by atoms with van der Waals surface area (Å²) in [6.45, 7) is 5.18. The molecule has 1 heterocycles. The van der Waals surface area contributed by atoms with Gasteiger partial charge in [0.15, 0.2) is 11.6 Å². The smallest absolute Gasteiger partial charge is 0.171 e. The molecule has 0 aliphatic carbocycles. The number of pyridine rings is 1. The van der Waals surface area contributed by atoms with Crippen LogP contribution in [0.1, 0.15) is 20.3 Å². The molecule has 0 aliphatic rings. The van der Waals surface area contributed by atoms with Crippen molar-refractivity contribution in [1.29, 1.82) is 0 Å². The van der Waals surface area contributed by atoms with Crippen LogP contribution in [0.4, 0.5) is 5.82 Å². The number of aliphatic hydroxyl groups is 1. The molecule has 90 valence electrons. The second-order valence-corrected chi connectivity index (χ2v) is 3.89. The zero-order valence-corrected chi connectivity index (χ0v) is 10.2. The Bertz CT molecular complexity index is 316. The average Bonchev–Trinajstić information content (AvgIpc) is 2.29. The van der Waals surface area contributed by atoms with Crippen LogP contribution in [0.3, 0.4) is 0 Å². The molecule has 0 atom stereocenters. The van der Waals surface area contributed by atoms with Crippen molar-refractivity contribution in [1.82, 2.24) is 4.98 Å². The number of hydrogen-bond donors (Lipinski definition) is 1. The second kappa shape index (κ2) is 6.33. The van der Waals surface area contributed by atoms with E-state index in [-0.39, 0.29) is 6.61 Å². The maximum Gasteiger partial charge on any atom is 0.171 e. The normalized spacial score (nSPS) is 10.6. The van der Waals surface area contributed by atoms with Crippen LogP contribution in [0.15, 0.2) is 18.3 Å². The lowest BCUT2D eigenvalue weighted by Gasteiger charge is -2.28. The van der Waals surface area contributed by atoms with Crippen molar-refractivity contribution in [3.05, 3.63) is 18.3 Å². The molecule has 16 heavy (non-hydrogen) atoms. The van der Waals surface area contributed by atoms with Gasteiger partial charge in [-0.1, -0.05) is 0 Å². The zero-order valence-electron chi connectivity index (χ0n) is 10.2. The highest BCUT2D eigenvalue weighted by Crippen LogP contribution is 2.26. The van der Waals surface area contributed by atoms with E-state index in [1.54, 1.807) is 13.3 Å². The van der Waals surface area contributed by atoms with Crippen LogP contribution in [-0.2, 0) is 0 Å². The van der Waals surface area contributed by atoms with Crippen LogP contribution >= 0.6 is 0 Å². The van der Waals surface area contributed by atoms with E-state index in [1.165, 1.54) is 0 Å². The van der Waals surface area contributed by atoms with Crippen LogP contribution in [0.5, 0.6) is 5.75 Å². The molecule has 0 unspecified atom stereocenters. The van der Waals surface area contributed by atoms with E-state index in [9.17, 15) is 0 Å². The van der Waals surface area contributed by atoms with Gasteiger partial charge in [-0.15, -0.1) is 0 Å². The van der Waals surface area contributed by atoms with Gasteiger partial charge in [0.25, 0.3) is 0 Å². The van der Waals surface area contributed by atoms with Crippen molar-refractivity contribution < 1.29 is 9.84 Å². The number of aromatic nitrogens is 1. The summed E-state index contributed by atoms with van der Waals surface area (Å²) in [6, 6.07) is 4.08. The third-order valence-electron chi connectivity index (χ3n) is 2.42. The van der Waals surface area contributed by atoms with Gasteiger partial charge >= 0.3 is 0 Å². The van der Waals surface area contributed by atoms with Gasteiger partial charge in [-0.05, 0) is 32.4 Å². The molecular weight excluding hydrogens is 204 g/mol. The molecular formula is C12H20N2O2. The predicted molar refractivity (Wildman–Crippen MR) is 65.0 cm³/mol. The van der Waals surface area contributed by atoms with Gasteiger partial charge in [0.2, 0.25) is 0 Å². The van der Waals surface area contributed by atoms with Gasteiger partial charge < -0.3 is 14.7 Å². The van der Waals surface area contributed by atoms with Crippen LogP contribution in [0.2, 0.25) is 0 Å². The molecule has 0 saturated carbocycles. The Morgan fingerprint density at radius 3 is 2.81 bits per heavy atom. The van der Waals surface area contributed by atoms with Gasteiger partial charge in [0, 0.05) is 25.4 Å². The van der Waals surface area contributed by atoms with E-state index in [4.69, 9.17) is 9.84 Å². The average molecular weight is 224 g/mol. The molecule has 1 aromatic rings. The summed E-state index contributed by atoms with van der Waals surface area (Å²) in [5.74, 6) is 1.61. The lowest BCUT2D eigenvalue weighted by atomic mass is 10.2. The Hall–Kier alpha value is -1.29. The van der Waals surface area contributed by atoms with Crippen molar-refractivity contribution >= 4 is 5.82 Å². The lowest BCUT2D eigenvalue weighted by Crippen LogP contribution is -2.33. The molecule has 0 aromatic carbocycles. The first-order valence-corrected chi connectivity index (χ1v) is 5.57. The number of methoxy groups -OCH3 is 1. The molecule has 0 aliphatic heterocycles. The van der Waals surface area contributed by atoms with E-state index in [0.29, 0.717) is 6.04 Å². The first kappa shape index (κ1) is 12.8. The van der Waals surface area contributed by atoms with Crippen molar-refractivity contribution in [2.24, 2.45) is 0 Å². The minimum absolute atomic E-state index is 0.193. The molecule has 4 nitrogen and oxygen atoms in total. The molecule has 0 fully saturated rings. The molecule has 0 amide bonds. The largest absolute Gasteiger partial charge is 0.493 e. The molecule has 4 heteroatoms. The van der Waals surface area contributed by atoms with Crippen molar-refractivity contribution in [3.63, 3.8) is 0 Å². The summed E-state index contributed by atoms with van der Waals surface area (Å²) in [5.41, 5.74) is 0. The Balaban J connectivity index is 2.91. The monoisotopic (exact) mass is 224 g/mol. The summed E-state index contributed by atoms with van der Waals surface area (Å²) < 4.78 is 5.29. The number of aliphatic hydroxyl groups excluding tert-OH is 1. The minimum atomic E-state index is 0.193. The second-order valence-electron chi connectivity index (χ2n) is 3.89. The number of hydrogen-bond acceptors (Lipinski definition) is 4. The Morgan fingerprint density at radius 1 is 1.50 bits per heavy atom. The fraction of sp³-hybridized carbons (Fsp3) is 0.583. The van der Waals surface area contributed by atoms with Crippen molar-refractivity contribution in [2.75, 3.05) is 25.2 Å². The summed E-state index contributed by atoms with van der Waals surface area (Å²) in [6.07, 6.45) is 2.49. The van der Waals surface area contributed by atoms with Crippen molar-refractivity contribution in [2.45, 2.75) is 26.3 Å². The van der Waals surface area contributed by atoms with Gasteiger partial charge in [0.1, 0.15) is 0 Å². The number of nitrogens with zero attached hydrogens (tertiary/aromatic N) is 2. The lowest BCUT2D eigenvalue weighted by molar-refractivity contribution is 0.288. The summed E-state index contributed by atoms with van der Waals surface area (Å²) in [7, 11) is 1.64. The molecule has 1 rings (SSSR count). The highest BCUT2D eigenvalue weighted by Gasteiger charge is 2.15. The molecule has 0 bridgehead atoms. The predicted octanol–water partition coefficient (Wildman–Crippen LogP) is 1.69. The Morgan fingerprint density at radius 2 is 2.25 bits per heavy atom. The summed E-state index contributed by atoms with van der Waals surface area (Å²) in [4.78, 5) is 6.48. The highest BCUT2D eigenvalue weighted by molar-refractivity contribution is 5.52. The quantitative estimate of drug-likeness (QED) is 0.798. The third-order valence-corrected chi connectivity index (χ3v) is 2.42. The maximum absolute atomic E-state index is 8.89. The zero-order chi connectivity index (χ0) is 12.0. The first-order chi connectivity index (χ1) is 7.70. The van der Waals surface area contributed by atoms with Crippen LogP contribution in [0, 0.1) is 0 Å². The van der Waals surface area contributed by atoms with Crippen molar-refractivity contribution in [3.8, 4) is 5.75 Å². The van der Waals surface area contributed by atoms with Gasteiger partial charge in [-0.2, -0.15) is 0 Å². The van der Waals surface area contributed by atoms with E-state index >= 15 is 0 Å². The van der Waals surface area contributed by atoms with E-state index < -0.39 is 0 Å². The number of rotatable bonds is 6. The molecule has 1 aromatic heterocycles. The van der Waals surface area contributed by atoms with Crippen LogP contribution in [0.25, 0.3) is 0 Å². The molecule has 1 N–H and O–H groups in total. The summed E-state index contributed by atoms with van der Waals surface area (Å²) in [5, 5.41) is 8.89. The van der Waals surface area contributed by atoms with Gasteiger partial charge in [-0.25, -0.2) is 4.98 Å². The fourth-order valence-corrected chi connectivity index (χ4v) is 1.61. The third kappa shape index (κ3) is 3.10. The molecule has 0 saturated heterocycles. The SMILES string of the molecule is COc1cccnc1N(CCCO)C(C)C. The Kier molecular flexibility index (Phi) is 5.05. The summed E-state index contributed by atoms with van der Waals surface area (Å²) >= 11 is 0. The van der Waals surface area contributed by atoms with E-state index in [1.807, 2.05) is 12.1 Å². The van der Waals surface area contributed by atoms with Gasteiger partial charge in [-0.3, -0.25) is 0 Å². The van der Waals surface area contributed by atoms with Gasteiger partial charge in [0.05, 0.1) is 7.11 Å². The highest BCUT2D eigenvalue weighted by atomic mass is 16.5.